The SMILES string of the molecule is C=CCCC/C=C\CC1(N=CCC)CCCCC1. The molecule has 18 heavy (non-hydrogen) atoms. The molecule has 0 aliphatic heterocycles. The Labute approximate surface area is 113 Å². The lowest BCUT2D eigenvalue weighted by molar-refractivity contribution is 0.302. The van der Waals surface area contributed by atoms with Crippen LogP contribution in [0.2, 0.25) is 0 Å². The molecular formula is C17H29N. The summed E-state index contributed by atoms with van der Waals surface area (Å²) < 4.78 is 0. The maximum Gasteiger partial charge on any atom is 0.0638 e. The summed E-state index contributed by atoms with van der Waals surface area (Å²) in [5.74, 6) is 0. The maximum atomic E-state index is 4.87. The molecule has 0 aromatic heterocycles. The Morgan fingerprint density at radius 1 is 1.11 bits per heavy atom. The van der Waals surface area contributed by atoms with Gasteiger partial charge in [0.2, 0.25) is 0 Å². The lowest BCUT2D eigenvalue weighted by Crippen LogP contribution is -2.28. The first-order valence-corrected chi connectivity index (χ1v) is 7.62. The quantitative estimate of drug-likeness (QED) is 0.306. The number of unbranched alkanes of at least 4 members (excludes halogenated alkanes) is 2. The molecule has 0 amide bonds. The van der Waals surface area contributed by atoms with Gasteiger partial charge in [0.25, 0.3) is 0 Å². The minimum atomic E-state index is 0.239. The zero-order valence-electron chi connectivity index (χ0n) is 12.0. The monoisotopic (exact) mass is 247 g/mol. The highest BCUT2D eigenvalue weighted by molar-refractivity contribution is 5.57. The summed E-state index contributed by atoms with van der Waals surface area (Å²) in [6.45, 7) is 5.93. The lowest BCUT2D eigenvalue weighted by atomic mass is 9.79. The molecule has 1 aliphatic rings. The van der Waals surface area contributed by atoms with Crippen molar-refractivity contribution in [2.45, 2.75) is 76.7 Å². The minimum absolute atomic E-state index is 0.239. The molecule has 0 heterocycles. The van der Waals surface area contributed by atoms with Gasteiger partial charge >= 0.3 is 0 Å². The minimum Gasteiger partial charge on any atom is -0.291 e. The summed E-state index contributed by atoms with van der Waals surface area (Å²) in [6, 6.07) is 0. The average molecular weight is 247 g/mol. The first-order chi connectivity index (χ1) is 8.83. The van der Waals surface area contributed by atoms with Crippen LogP contribution in [0.4, 0.5) is 0 Å². The second kappa shape index (κ2) is 9.13. The van der Waals surface area contributed by atoms with Crippen LogP contribution >= 0.6 is 0 Å². The molecule has 1 fully saturated rings. The number of nitrogens with zero attached hydrogens (tertiary/aromatic N) is 1. The molecule has 0 bridgehead atoms. The Bertz CT molecular complexity index is 269. The van der Waals surface area contributed by atoms with Crippen molar-refractivity contribution in [1.29, 1.82) is 0 Å². The molecule has 0 atom stereocenters. The van der Waals surface area contributed by atoms with Gasteiger partial charge in [0.1, 0.15) is 0 Å². The fraction of sp³-hybridized carbons (Fsp3) is 0.706. The van der Waals surface area contributed by atoms with E-state index in [9.17, 15) is 0 Å². The standard InChI is InChI=1S/C17H29N/c1-3-5-6-7-8-10-13-17(18-16-4-2)14-11-9-12-15-17/h3,8,10,16H,1,4-7,9,11-15H2,2H3/b10-8-,18-16?. The molecular weight excluding hydrogens is 218 g/mol. The van der Waals surface area contributed by atoms with Gasteiger partial charge in [0, 0.05) is 0 Å². The first kappa shape index (κ1) is 15.2. The van der Waals surface area contributed by atoms with Crippen LogP contribution in [0.25, 0.3) is 0 Å². The van der Waals surface area contributed by atoms with Gasteiger partial charge in [0.05, 0.1) is 5.54 Å². The van der Waals surface area contributed by atoms with E-state index in [0.717, 1.165) is 19.3 Å². The summed E-state index contributed by atoms with van der Waals surface area (Å²) in [4.78, 5) is 4.87. The van der Waals surface area contributed by atoms with Crippen LogP contribution in [0.15, 0.2) is 29.8 Å². The molecule has 1 nitrogen and oxygen atoms in total. The lowest BCUT2D eigenvalue weighted by Gasteiger charge is -2.32. The van der Waals surface area contributed by atoms with E-state index in [4.69, 9.17) is 4.99 Å². The number of aliphatic imine (C=N–C) groups is 1. The van der Waals surface area contributed by atoms with Gasteiger partial charge in [-0.25, -0.2) is 0 Å². The molecule has 1 rings (SSSR count). The second-order valence-corrected chi connectivity index (χ2v) is 5.40. The molecule has 1 aliphatic carbocycles. The summed E-state index contributed by atoms with van der Waals surface area (Å²) in [5.41, 5.74) is 0.239. The Hall–Kier alpha value is -0.850. The zero-order chi connectivity index (χ0) is 13.1. The molecule has 0 spiro atoms. The summed E-state index contributed by atoms with van der Waals surface area (Å²) in [7, 11) is 0. The van der Waals surface area contributed by atoms with Crippen molar-refractivity contribution >= 4 is 6.21 Å². The van der Waals surface area contributed by atoms with Crippen LogP contribution in [-0.4, -0.2) is 11.8 Å². The van der Waals surface area contributed by atoms with Gasteiger partial charge in [-0.2, -0.15) is 0 Å². The van der Waals surface area contributed by atoms with Crippen molar-refractivity contribution in [3.8, 4) is 0 Å². The van der Waals surface area contributed by atoms with Gasteiger partial charge in [-0.1, -0.05) is 44.4 Å². The number of allylic oxidation sites excluding steroid dienone is 2. The highest BCUT2D eigenvalue weighted by Gasteiger charge is 2.29. The van der Waals surface area contributed by atoms with E-state index >= 15 is 0 Å². The molecule has 1 saturated carbocycles. The Kier molecular flexibility index (Phi) is 7.71. The van der Waals surface area contributed by atoms with Crippen molar-refractivity contribution in [3.05, 3.63) is 24.8 Å². The van der Waals surface area contributed by atoms with Crippen LogP contribution in [0, 0.1) is 0 Å². The smallest absolute Gasteiger partial charge is 0.0638 e. The van der Waals surface area contributed by atoms with Crippen LogP contribution in [0.1, 0.15) is 71.1 Å². The molecule has 0 saturated heterocycles. The van der Waals surface area contributed by atoms with Crippen molar-refractivity contribution in [2.24, 2.45) is 4.99 Å². The predicted molar refractivity (Wildman–Crippen MR) is 82.4 cm³/mol. The van der Waals surface area contributed by atoms with Crippen LogP contribution in [0.3, 0.4) is 0 Å². The van der Waals surface area contributed by atoms with Crippen LogP contribution < -0.4 is 0 Å². The predicted octanol–water partition coefficient (Wildman–Crippen LogP) is 5.47. The second-order valence-electron chi connectivity index (χ2n) is 5.40. The Balaban J connectivity index is 2.40. The summed E-state index contributed by atoms with van der Waals surface area (Å²) >= 11 is 0. The zero-order valence-corrected chi connectivity index (χ0v) is 12.0. The van der Waals surface area contributed by atoms with E-state index in [-0.39, 0.29) is 5.54 Å². The molecule has 0 N–H and O–H groups in total. The highest BCUT2D eigenvalue weighted by Crippen LogP contribution is 2.34. The van der Waals surface area contributed by atoms with Gasteiger partial charge in [-0.05, 0) is 51.2 Å². The van der Waals surface area contributed by atoms with Crippen molar-refractivity contribution < 1.29 is 0 Å². The summed E-state index contributed by atoms with van der Waals surface area (Å²) in [6.07, 6.45) is 21.2. The number of rotatable bonds is 8. The first-order valence-electron chi connectivity index (χ1n) is 7.62. The molecule has 102 valence electrons. The normalized spacial score (nSPS) is 19.6. The van der Waals surface area contributed by atoms with Crippen LogP contribution in [0.5, 0.6) is 0 Å². The van der Waals surface area contributed by atoms with E-state index in [0.29, 0.717) is 0 Å². The largest absolute Gasteiger partial charge is 0.291 e. The Morgan fingerprint density at radius 2 is 1.89 bits per heavy atom. The fourth-order valence-electron chi connectivity index (χ4n) is 2.68. The number of hydrogen-bond donors (Lipinski definition) is 0. The van der Waals surface area contributed by atoms with E-state index in [1.165, 1.54) is 44.9 Å². The average Bonchev–Trinajstić information content (AvgIpc) is 2.42. The molecule has 1 heteroatoms. The Morgan fingerprint density at radius 3 is 2.56 bits per heavy atom. The highest BCUT2D eigenvalue weighted by atomic mass is 14.8. The van der Waals surface area contributed by atoms with Gasteiger partial charge in [-0.3, -0.25) is 4.99 Å². The third kappa shape index (κ3) is 5.66. The maximum absolute atomic E-state index is 4.87. The van der Waals surface area contributed by atoms with Gasteiger partial charge in [-0.15, -0.1) is 6.58 Å². The molecule has 0 aromatic carbocycles. The van der Waals surface area contributed by atoms with Crippen molar-refractivity contribution in [3.63, 3.8) is 0 Å². The summed E-state index contributed by atoms with van der Waals surface area (Å²) in [5, 5.41) is 0. The van der Waals surface area contributed by atoms with Gasteiger partial charge < -0.3 is 0 Å². The van der Waals surface area contributed by atoms with E-state index < -0.39 is 0 Å². The van der Waals surface area contributed by atoms with Gasteiger partial charge in [0.15, 0.2) is 0 Å². The molecule has 0 aromatic rings. The van der Waals surface area contributed by atoms with Crippen molar-refractivity contribution in [2.75, 3.05) is 0 Å². The number of hydrogen-bond acceptors (Lipinski definition) is 1. The van der Waals surface area contributed by atoms with Crippen LogP contribution in [-0.2, 0) is 0 Å². The van der Waals surface area contributed by atoms with E-state index in [1.54, 1.807) is 0 Å². The van der Waals surface area contributed by atoms with E-state index in [1.807, 2.05) is 6.08 Å². The topological polar surface area (TPSA) is 12.4 Å². The molecule has 0 radical (unpaired) electrons. The third-order valence-electron chi connectivity index (χ3n) is 3.78. The van der Waals surface area contributed by atoms with Crippen molar-refractivity contribution in [1.82, 2.24) is 0 Å². The van der Waals surface area contributed by atoms with E-state index in [2.05, 4.69) is 31.9 Å². The third-order valence-corrected chi connectivity index (χ3v) is 3.78. The fourth-order valence-corrected chi connectivity index (χ4v) is 2.68. The molecule has 0 unspecified atom stereocenters.